The Morgan fingerprint density at radius 1 is 1.18 bits per heavy atom. The lowest BCUT2D eigenvalue weighted by atomic mass is 9.81. The number of alkyl halides is 3. The van der Waals surface area contributed by atoms with E-state index < -0.39 is 47.1 Å². The summed E-state index contributed by atoms with van der Waals surface area (Å²) < 4.78 is 64.3. The highest BCUT2D eigenvalue weighted by Crippen LogP contribution is 2.47. The Hall–Kier alpha value is -4.52. The first-order valence-electron chi connectivity index (χ1n) is 12.0. The van der Waals surface area contributed by atoms with Gasteiger partial charge in [-0.15, -0.1) is 0 Å². The first-order valence-corrected chi connectivity index (χ1v) is 12.0. The van der Waals surface area contributed by atoms with E-state index in [-0.39, 0.29) is 34.7 Å². The van der Waals surface area contributed by atoms with E-state index in [1.807, 2.05) is 0 Å². The first kappa shape index (κ1) is 27.1. The van der Waals surface area contributed by atoms with Crippen LogP contribution in [0.15, 0.2) is 54.7 Å². The van der Waals surface area contributed by atoms with Gasteiger partial charge in [-0.3, -0.25) is 14.3 Å². The lowest BCUT2D eigenvalue weighted by molar-refractivity contribution is -0.265. The molecular weight excluding hydrogens is 534 g/mol. The number of hydrogen-bond acceptors (Lipinski definition) is 6. The zero-order chi connectivity index (χ0) is 29.0. The quantitative estimate of drug-likeness (QED) is 0.312. The van der Waals surface area contributed by atoms with E-state index in [9.17, 15) is 32.3 Å². The summed E-state index contributed by atoms with van der Waals surface area (Å²) in [7, 11) is 1.65. The standard InChI is InChI=1S/C27H23F4N5O4/c1-25(24(32)38)13-40-22-18(25)10-20(35-21(22)14-5-7-17(28)8-6-14)26(39,27(29,30)31)12-33-23(37)15-3-4-16-11-34-36(2)19(16)9-15/h3-11,39H,12-13H2,1-2H3,(H2,32,38)(H,33,37)/t25-,26?/m0/s1. The number of fused-ring (bicyclic) bond motifs is 2. The number of nitrogens with two attached hydrogens (primary N) is 1. The van der Waals surface area contributed by atoms with Gasteiger partial charge in [0.1, 0.15) is 29.3 Å². The topological polar surface area (TPSA) is 132 Å². The number of carbonyl (C=O) groups is 2. The molecule has 2 atom stereocenters. The van der Waals surface area contributed by atoms with Gasteiger partial charge in [0.05, 0.1) is 24.0 Å². The average molecular weight is 558 g/mol. The molecule has 2 aromatic heterocycles. The third-order valence-electron chi connectivity index (χ3n) is 7.14. The van der Waals surface area contributed by atoms with E-state index in [0.29, 0.717) is 5.52 Å². The first-order chi connectivity index (χ1) is 18.7. The van der Waals surface area contributed by atoms with Gasteiger partial charge in [-0.05, 0) is 49.4 Å². The van der Waals surface area contributed by atoms with Crippen molar-refractivity contribution in [3.63, 3.8) is 0 Å². The molecule has 0 fully saturated rings. The zero-order valence-corrected chi connectivity index (χ0v) is 21.2. The summed E-state index contributed by atoms with van der Waals surface area (Å²) in [5.74, 6) is -2.37. The summed E-state index contributed by atoms with van der Waals surface area (Å²) in [4.78, 5) is 29.3. The summed E-state index contributed by atoms with van der Waals surface area (Å²) in [5, 5.41) is 18.1. The summed E-state index contributed by atoms with van der Waals surface area (Å²) in [5.41, 5.74) is 0.0372. The maximum atomic E-state index is 14.5. The van der Waals surface area contributed by atoms with Gasteiger partial charge in [0.2, 0.25) is 11.5 Å². The van der Waals surface area contributed by atoms with Crippen LogP contribution in [0.25, 0.3) is 22.2 Å². The van der Waals surface area contributed by atoms with Crippen molar-refractivity contribution in [2.24, 2.45) is 12.8 Å². The summed E-state index contributed by atoms with van der Waals surface area (Å²) >= 11 is 0. The molecule has 208 valence electrons. The average Bonchev–Trinajstić information content (AvgIpc) is 3.46. The van der Waals surface area contributed by atoms with E-state index in [2.05, 4.69) is 15.4 Å². The summed E-state index contributed by atoms with van der Waals surface area (Å²) in [6.07, 6.45) is -3.75. The predicted octanol–water partition coefficient (Wildman–Crippen LogP) is 3.09. The number of ether oxygens (including phenoxy) is 1. The van der Waals surface area contributed by atoms with Crippen molar-refractivity contribution in [3.8, 4) is 17.0 Å². The fourth-order valence-electron chi connectivity index (χ4n) is 4.53. The van der Waals surface area contributed by atoms with Crippen LogP contribution in [0.2, 0.25) is 0 Å². The number of primary amides is 1. The summed E-state index contributed by atoms with van der Waals surface area (Å²) in [6.45, 7) is -0.196. The number of aliphatic hydroxyl groups is 1. The number of nitrogens with one attached hydrogen (secondary N) is 1. The fraction of sp³-hybridized carbons (Fsp3) is 0.259. The van der Waals surface area contributed by atoms with Crippen LogP contribution < -0.4 is 15.8 Å². The van der Waals surface area contributed by atoms with Crippen LogP contribution in [0.4, 0.5) is 17.6 Å². The van der Waals surface area contributed by atoms with Crippen LogP contribution in [-0.2, 0) is 22.9 Å². The van der Waals surface area contributed by atoms with Crippen LogP contribution >= 0.6 is 0 Å². The second-order valence-corrected chi connectivity index (χ2v) is 9.81. The Labute approximate surface area is 224 Å². The molecule has 4 N–H and O–H groups in total. The molecule has 1 aliphatic heterocycles. The van der Waals surface area contributed by atoms with Crippen molar-refractivity contribution < 1.29 is 37.0 Å². The maximum Gasteiger partial charge on any atom is 0.424 e. The minimum Gasteiger partial charge on any atom is -0.489 e. The molecule has 4 aromatic rings. The van der Waals surface area contributed by atoms with Gasteiger partial charge in [-0.1, -0.05) is 6.07 Å². The number of rotatable bonds is 6. The van der Waals surface area contributed by atoms with Gasteiger partial charge in [0.15, 0.2) is 0 Å². The molecule has 1 aliphatic rings. The Kier molecular flexibility index (Phi) is 6.29. The van der Waals surface area contributed by atoms with Crippen LogP contribution in [0, 0.1) is 5.82 Å². The van der Waals surface area contributed by atoms with Crippen molar-refractivity contribution >= 4 is 22.7 Å². The van der Waals surface area contributed by atoms with Crippen LogP contribution in [0.1, 0.15) is 28.5 Å². The van der Waals surface area contributed by atoms with Gasteiger partial charge >= 0.3 is 6.18 Å². The lowest BCUT2D eigenvalue weighted by Gasteiger charge is -2.31. The Morgan fingerprint density at radius 2 is 1.88 bits per heavy atom. The number of nitrogens with zero attached hydrogens (tertiary/aromatic N) is 3. The number of amides is 2. The van der Waals surface area contributed by atoms with Crippen molar-refractivity contribution in [2.45, 2.75) is 24.1 Å². The van der Waals surface area contributed by atoms with Crippen molar-refractivity contribution in [1.82, 2.24) is 20.1 Å². The van der Waals surface area contributed by atoms with Crippen LogP contribution in [-0.4, -0.2) is 51.0 Å². The second-order valence-electron chi connectivity index (χ2n) is 9.81. The van der Waals surface area contributed by atoms with E-state index in [4.69, 9.17) is 10.5 Å². The normalized spacial score (nSPS) is 18.2. The molecule has 0 aliphatic carbocycles. The highest BCUT2D eigenvalue weighted by atomic mass is 19.4. The Bertz CT molecular complexity index is 1650. The SMILES string of the molecule is Cn1ncc2ccc(C(=O)NCC(O)(c3cc4c(c(-c5ccc(F)cc5)n3)OC[C@]4(C)C(N)=O)C(F)(F)F)cc21. The van der Waals surface area contributed by atoms with Crippen molar-refractivity contribution in [3.05, 3.63) is 77.4 Å². The molecule has 0 saturated carbocycles. The number of halogens is 4. The molecule has 5 rings (SSSR count). The van der Waals surface area contributed by atoms with E-state index in [1.165, 1.54) is 35.9 Å². The van der Waals surface area contributed by atoms with Gasteiger partial charge in [-0.25, -0.2) is 9.37 Å². The predicted molar refractivity (Wildman–Crippen MR) is 135 cm³/mol. The molecule has 0 bridgehead atoms. The highest BCUT2D eigenvalue weighted by molar-refractivity contribution is 5.98. The largest absolute Gasteiger partial charge is 0.489 e. The number of hydrogen-bond donors (Lipinski definition) is 3. The fourth-order valence-corrected chi connectivity index (χ4v) is 4.53. The van der Waals surface area contributed by atoms with E-state index in [0.717, 1.165) is 23.6 Å². The van der Waals surface area contributed by atoms with E-state index >= 15 is 0 Å². The third kappa shape index (κ3) is 4.31. The van der Waals surface area contributed by atoms with Gasteiger partial charge < -0.3 is 20.9 Å². The van der Waals surface area contributed by atoms with Crippen molar-refractivity contribution in [1.29, 1.82) is 0 Å². The Morgan fingerprint density at radius 3 is 2.52 bits per heavy atom. The number of aromatic nitrogens is 3. The molecule has 2 aromatic carbocycles. The lowest BCUT2D eigenvalue weighted by Crippen LogP contribution is -2.51. The molecule has 2 amide bonds. The molecule has 0 radical (unpaired) electrons. The smallest absolute Gasteiger partial charge is 0.424 e. The number of benzene rings is 2. The minimum absolute atomic E-state index is 0.0188. The number of carbonyl (C=O) groups excluding carboxylic acids is 2. The van der Waals surface area contributed by atoms with E-state index in [1.54, 1.807) is 19.3 Å². The minimum atomic E-state index is -5.32. The molecule has 40 heavy (non-hydrogen) atoms. The van der Waals surface area contributed by atoms with Crippen molar-refractivity contribution in [2.75, 3.05) is 13.2 Å². The highest BCUT2D eigenvalue weighted by Gasteiger charge is 2.57. The molecule has 0 spiro atoms. The Balaban J connectivity index is 1.59. The van der Waals surface area contributed by atoms with Gasteiger partial charge in [0, 0.05) is 29.1 Å². The number of aryl methyl sites for hydroxylation is 1. The van der Waals surface area contributed by atoms with Crippen LogP contribution in [0.3, 0.4) is 0 Å². The molecule has 13 heteroatoms. The van der Waals surface area contributed by atoms with Crippen LogP contribution in [0.5, 0.6) is 5.75 Å². The molecular formula is C27H23F4N5O4. The molecule has 1 unspecified atom stereocenters. The zero-order valence-electron chi connectivity index (χ0n) is 21.2. The third-order valence-corrected chi connectivity index (χ3v) is 7.14. The molecule has 3 heterocycles. The molecule has 9 nitrogen and oxygen atoms in total. The summed E-state index contributed by atoms with van der Waals surface area (Å²) in [6, 6.07) is 10.1. The van der Waals surface area contributed by atoms with Gasteiger partial charge in [0.25, 0.3) is 5.91 Å². The number of pyridine rings is 1. The maximum absolute atomic E-state index is 14.5. The molecule has 0 saturated heterocycles. The second kappa shape index (κ2) is 9.30. The van der Waals surface area contributed by atoms with Gasteiger partial charge in [-0.2, -0.15) is 18.3 Å². The monoisotopic (exact) mass is 557 g/mol.